The maximum absolute atomic E-state index is 13.7. The van der Waals surface area contributed by atoms with Crippen molar-refractivity contribution in [2.45, 2.75) is 44.8 Å². The van der Waals surface area contributed by atoms with Crippen molar-refractivity contribution in [3.8, 4) is 11.1 Å². The molecule has 1 aromatic heterocycles. The van der Waals surface area contributed by atoms with Gasteiger partial charge in [-0.25, -0.2) is 4.98 Å². The molecule has 1 saturated heterocycles. The molecular weight excluding hydrogens is 575 g/mol. The number of hydrogen-bond acceptors (Lipinski definition) is 5. The number of fused-ring (bicyclic) bond motifs is 1. The van der Waals surface area contributed by atoms with Crippen molar-refractivity contribution in [1.29, 1.82) is 0 Å². The second-order valence-electron chi connectivity index (χ2n) is 11.9. The molecule has 2 aliphatic heterocycles. The Labute approximate surface area is 255 Å². The molecule has 1 N–H and O–H groups in total. The molecule has 0 spiro atoms. The molecule has 3 aliphatic rings. The lowest BCUT2D eigenvalue weighted by atomic mass is 9.89. The van der Waals surface area contributed by atoms with Gasteiger partial charge in [0.05, 0.1) is 11.3 Å². The van der Waals surface area contributed by atoms with E-state index in [0.29, 0.717) is 30.2 Å². The molecule has 0 unspecified atom stereocenters. The van der Waals surface area contributed by atoms with Gasteiger partial charge in [-0.15, -0.1) is 0 Å². The number of halogens is 4. The maximum Gasteiger partial charge on any atom is 0.416 e. The van der Waals surface area contributed by atoms with Crippen molar-refractivity contribution in [3.05, 3.63) is 76.4 Å². The van der Waals surface area contributed by atoms with Crippen LogP contribution in [0.15, 0.2) is 54.7 Å². The summed E-state index contributed by atoms with van der Waals surface area (Å²) in [6, 6.07) is 13.2. The molecular formula is C33H37ClF3N5O. The Balaban J connectivity index is 1.17. The maximum atomic E-state index is 13.7. The highest BCUT2D eigenvalue weighted by molar-refractivity contribution is 6.30. The number of alkyl halides is 3. The van der Waals surface area contributed by atoms with Crippen LogP contribution in [0.1, 0.15) is 53.6 Å². The number of piperazine rings is 1. The first-order valence-electron chi connectivity index (χ1n) is 15.2. The number of nitrogens with one attached hydrogen (secondary N) is 1. The molecule has 6 nitrogen and oxygen atoms in total. The average molecular weight is 612 g/mol. The van der Waals surface area contributed by atoms with E-state index < -0.39 is 11.7 Å². The molecule has 1 amide bonds. The molecule has 1 saturated carbocycles. The fourth-order valence-corrected chi connectivity index (χ4v) is 6.83. The molecule has 228 valence electrons. The minimum absolute atomic E-state index is 0.0222. The molecule has 0 bridgehead atoms. The normalized spacial score (nSPS) is 18.3. The minimum atomic E-state index is -4.48. The van der Waals surface area contributed by atoms with Gasteiger partial charge in [0.15, 0.2) is 0 Å². The van der Waals surface area contributed by atoms with Crippen molar-refractivity contribution in [2.24, 2.45) is 5.92 Å². The van der Waals surface area contributed by atoms with Crippen LogP contribution >= 0.6 is 11.6 Å². The number of amides is 1. The highest BCUT2D eigenvalue weighted by atomic mass is 35.5. The number of aromatic nitrogens is 1. The number of carbonyl (C=O) groups is 1. The first-order chi connectivity index (χ1) is 20.7. The van der Waals surface area contributed by atoms with E-state index in [1.54, 1.807) is 6.20 Å². The number of benzene rings is 2. The molecule has 10 heteroatoms. The van der Waals surface area contributed by atoms with E-state index in [1.165, 1.54) is 44.2 Å². The molecule has 2 fully saturated rings. The Bertz CT molecular complexity index is 1450. The zero-order valence-electron chi connectivity index (χ0n) is 24.2. The van der Waals surface area contributed by atoms with E-state index in [4.69, 9.17) is 11.6 Å². The molecule has 6 rings (SSSR count). The number of hydrogen-bond donors (Lipinski definition) is 1. The largest absolute Gasteiger partial charge is 0.416 e. The molecule has 3 heterocycles. The topological polar surface area (TPSA) is 51.7 Å². The second kappa shape index (κ2) is 12.7. The quantitative estimate of drug-likeness (QED) is 0.320. The zero-order chi connectivity index (χ0) is 30.0. The predicted molar refractivity (Wildman–Crippen MR) is 165 cm³/mol. The van der Waals surface area contributed by atoms with Crippen LogP contribution < -0.4 is 10.2 Å². The Hall–Kier alpha value is -3.30. The lowest BCUT2D eigenvalue weighted by molar-refractivity contribution is -0.138. The van der Waals surface area contributed by atoms with Gasteiger partial charge in [-0.3, -0.25) is 9.69 Å². The number of pyridine rings is 1. The van der Waals surface area contributed by atoms with Crippen molar-refractivity contribution in [1.82, 2.24) is 14.8 Å². The fourth-order valence-electron chi connectivity index (χ4n) is 6.64. The van der Waals surface area contributed by atoms with Gasteiger partial charge in [0.25, 0.3) is 5.91 Å². The summed E-state index contributed by atoms with van der Waals surface area (Å²) in [5.41, 5.74) is 2.39. The molecule has 43 heavy (non-hydrogen) atoms. The van der Waals surface area contributed by atoms with Gasteiger partial charge < -0.3 is 15.1 Å². The van der Waals surface area contributed by atoms with Gasteiger partial charge in [0, 0.05) is 74.7 Å². The number of nitrogens with zero attached hydrogens (tertiary/aromatic N) is 4. The third kappa shape index (κ3) is 6.93. The summed E-state index contributed by atoms with van der Waals surface area (Å²) in [7, 11) is 0. The first-order valence-corrected chi connectivity index (χ1v) is 15.6. The van der Waals surface area contributed by atoms with E-state index in [1.807, 2.05) is 40.1 Å². The summed E-state index contributed by atoms with van der Waals surface area (Å²) in [5.74, 6) is 1.43. The lowest BCUT2D eigenvalue weighted by Gasteiger charge is -2.37. The van der Waals surface area contributed by atoms with E-state index in [2.05, 4.69) is 15.2 Å². The van der Waals surface area contributed by atoms with Crippen LogP contribution in [0.5, 0.6) is 0 Å². The van der Waals surface area contributed by atoms with Gasteiger partial charge in [-0.2, -0.15) is 13.2 Å². The minimum Gasteiger partial charge on any atom is -0.367 e. The first kappa shape index (κ1) is 29.8. The van der Waals surface area contributed by atoms with Gasteiger partial charge in [-0.05, 0) is 66.3 Å². The Kier molecular flexibility index (Phi) is 8.82. The fraction of sp³-hybridized carbons (Fsp3) is 0.455. The molecule has 0 radical (unpaired) electrons. The van der Waals surface area contributed by atoms with Crippen LogP contribution in [0.2, 0.25) is 5.02 Å². The van der Waals surface area contributed by atoms with E-state index in [9.17, 15) is 18.0 Å². The SMILES string of the molecule is O=C(c1cccc(-c2cnc3c(c2)N(Cc2cc(Cl)ccc2C(F)(F)F)CCN3)c1)N1CCN(CC2CCCCC2)CC1. The second-order valence-corrected chi connectivity index (χ2v) is 12.4. The van der Waals surface area contributed by atoms with Crippen molar-refractivity contribution in [3.63, 3.8) is 0 Å². The van der Waals surface area contributed by atoms with Gasteiger partial charge in [-0.1, -0.05) is 43.0 Å². The summed E-state index contributed by atoms with van der Waals surface area (Å²) in [6.45, 7) is 5.50. The molecule has 0 atom stereocenters. The summed E-state index contributed by atoms with van der Waals surface area (Å²) >= 11 is 6.09. The van der Waals surface area contributed by atoms with Crippen LogP contribution in [0.25, 0.3) is 11.1 Å². The van der Waals surface area contributed by atoms with Crippen LogP contribution in [-0.4, -0.2) is 66.5 Å². The van der Waals surface area contributed by atoms with E-state index in [-0.39, 0.29) is 23.0 Å². The van der Waals surface area contributed by atoms with Crippen LogP contribution in [0.4, 0.5) is 24.7 Å². The number of carbonyl (C=O) groups excluding carboxylic acids is 1. The third-order valence-electron chi connectivity index (χ3n) is 8.96. The molecule has 2 aromatic carbocycles. The standard InChI is InChI=1S/C33H37ClF3N5O/c34-28-9-10-29(33(35,36)37)27(18-28)22-42-12-11-38-31-30(42)19-26(20-39-31)24-7-4-8-25(17-24)32(43)41-15-13-40(14-16-41)21-23-5-2-1-3-6-23/h4,7-10,17-20,23H,1-3,5-6,11-16,21-22H2,(H,38,39). The van der Waals surface area contributed by atoms with E-state index in [0.717, 1.165) is 55.8 Å². The van der Waals surface area contributed by atoms with Crippen molar-refractivity contribution in [2.75, 3.05) is 56.0 Å². The average Bonchev–Trinajstić information content (AvgIpc) is 3.01. The van der Waals surface area contributed by atoms with Gasteiger partial charge in [0.2, 0.25) is 0 Å². The monoisotopic (exact) mass is 611 g/mol. The smallest absolute Gasteiger partial charge is 0.367 e. The summed E-state index contributed by atoms with van der Waals surface area (Å²) in [5, 5.41) is 3.51. The van der Waals surface area contributed by atoms with Gasteiger partial charge in [0.1, 0.15) is 5.82 Å². The molecule has 3 aromatic rings. The Morgan fingerprint density at radius 2 is 1.74 bits per heavy atom. The Morgan fingerprint density at radius 1 is 0.953 bits per heavy atom. The summed E-state index contributed by atoms with van der Waals surface area (Å²) < 4.78 is 41.2. The summed E-state index contributed by atoms with van der Waals surface area (Å²) in [4.78, 5) is 24.4. The Morgan fingerprint density at radius 3 is 2.51 bits per heavy atom. The summed E-state index contributed by atoms with van der Waals surface area (Å²) in [6.07, 6.45) is 3.96. The van der Waals surface area contributed by atoms with Crippen LogP contribution in [0.3, 0.4) is 0 Å². The third-order valence-corrected chi connectivity index (χ3v) is 9.19. The molecule has 1 aliphatic carbocycles. The zero-order valence-corrected chi connectivity index (χ0v) is 24.9. The van der Waals surface area contributed by atoms with Crippen molar-refractivity contribution >= 4 is 29.0 Å². The van der Waals surface area contributed by atoms with Crippen molar-refractivity contribution < 1.29 is 18.0 Å². The van der Waals surface area contributed by atoms with Crippen LogP contribution in [0, 0.1) is 5.92 Å². The highest BCUT2D eigenvalue weighted by Crippen LogP contribution is 2.37. The highest BCUT2D eigenvalue weighted by Gasteiger charge is 2.34. The number of anilines is 2. The van der Waals surface area contributed by atoms with E-state index >= 15 is 0 Å². The predicted octanol–water partition coefficient (Wildman–Crippen LogP) is 7.19. The lowest BCUT2D eigenvalue weighted by Crippen LogP contribution is -2.49. The number of rotatable bonds is 6. The van der Waals surface area contributed by atoms with Crippen LogP contribution in [-0.2, 0) is 12.7 Å². The van der Waals surface area contributed by atoms with Gasteiger partial charge >= 0.3 is 6.18 Å².